The lowest BCUT2D eigenvalue weighted by Gasteiger charge is -2.31. The van der Waals surface area contributed by atoms with E-state index in [-0.39, 0.29) is 24.8 Å². The lowest BCUT2D eigenvalue weighted by atomic mass is 10.1. The summed E-state index contributed by atoms with van der Waals surface area (Å²) in [5.74, 6) is -0.325. The molecule has 0 aromatic heterocycles. The predicted octanol–water partition coefficient (Wildman–Crippen LogP) is 4.18. The number of carbonyl (C=O) groups is 2. The van der Waals surface area contributed by atoms with Crippen LogP contribution in [-0.2, 0) is 26.2 Å². The van der Waals surface area contributed by atoms with Crippen LogP contribution < -0.4 is 9.62 Å². The summed E-state index contributed by atoms with van der Waals surface area (Å²) in [6.07, 6.45) is 2.98. The second-order valence-corrected chi connectivity index (χ2v) is 10.9. The highest BCUT2D eigenvalue weighted by Crippen LogP contribution is 2.25. The van der Waals surface area contributed by atoms with E-state index in [0.717, 1.165) is 23.1 Å². The van der Waals surface area contributed by atoms with E-state index in [1.165, 1.54) is 10.6 Å². The Morgan fingerprint density at radius 1 is 1.03 bits per heavy atom. The van der Waals surface area contributed by atoms with Crippen LogP contribution in [0.25, 0.3) is 0 Å². The summed E-state index contributed by atoms with van der Waals surface area (Å²) >= 11 is 0. The number of benzene rings is 2. The standard InChI is InChI=1S/C27H39N3O4S/c1-6-17-28-27(32)24(7-2)29(20-23-12-9-8-10-13-23)26(31)14-11-18-30(35(5,33)34)25-19-21(3)15-16-22(25)4/h8-10,12-13,15-16,19,24H,6-7,11,14,17-18,20H2,1-5H3,(H,28,32)/t24-/m0/s1. The number of aryl methyl sites for hydroxylation is 2. The molecule has 0 saturated heterocycles. The number of hydrogen-bond donors (Lipinski definition) is 1. The van der Waals surface area contributed by atoms with Crippen LogP contribution in [0.1, 0.15) is 56.2 Å². The molecule has 0 aliphatic heterocycles. The number of anilines is 1. The van der Waals surface area contributed by atoms with Gasteiger partial charge in [0.25, 0.3) is 0 Å². The smallest absolute Gasteiger partial charge is 0.242 e. The van der Waals surface area contributed by atoms with Gasteiger partial charge in [-0.25, -0.2) is 8.42 Å². The monoisotopic (exact) mass is 501 g/mol. The van der Waals surface area contributed by atoms with E-state index in [9.17, 15) is 18.0 Å². The summed E-state index contributed by atoms with van der Waals surface area (Å²) < 4.78 is 26.5. The minimum absolute atomic E-state index is 0.140. The summed E-state index contributed by atoms with van der Waals surface area (Å²) in [5.41, 5.74) is 3.40. The number of rotatable bonds is 13. The topological polar surface area (TPSA) is 86.8 Å². The third kappa shape index (κ3) is 8.38. The molecule has 2 aromatic carbocycles. The SMILES string of the molecule is CCCNC(=O)[C@H](CC)N(Cc1ccccc1)C(=O)CCCN(c1cc(C)ccc1C)S(C)(=O)=O. The minimum Gasteiger partial charge on any atom is -0.354 e. The molecule has 8 heteroatoms. The lowest BCUT2D eigenvalue weighted by Crippen LogP contribution is -2.49. The molecule has 0 heterocycles. The molecule has 0 bridgehead atoms. The van der Waals surface area contributed by atoms with Crippen molar-refractivity contribution in [2.75, 3.05) is 23.7 Å². The van der Waals surface area contributed by atoms with Gasteiger partial charge in [-0.3, -0.25) is 13.9 Å². The maximum atomic E-state index is 13.4. The Morgan fingerprint density at radius 2 is 1.71 bits per heavy atom. The molecular formula is C27H39N3O4S. The third-order valence-corrected chi connectivity index (χ3v) is 7.10. The number of nitrogens with zero attached hydrogens (tertiary/aromatic N) is 2. The zero-order chi connectivity index (χ0) is 26.0. The van der Waals surface area contributed by atoms with Gasteiger partial charge in [-0.1, -0.05) is 56.3 Å². The van der Waals surface area contributed by atoms with Gasteiger partial charge in [-0.05, 0) is 55.9 Å². The molecular weight excluding hydrogens is 462 g/mol. The molecule has 7 nitrogen and oxygen atoms in total. The third-order valence-electron chi connectivity index (χ3n) is 5.92. The number of nitrogens with one attached hydrogen (secondary N) is 1. The first-order chi connectivity index (χ1) is 16.6. The lowest BCUT2D eigenvalue weighted by molar-refractivity contribution is -0.141. The van der Waals surface area contributed by atoms with Gasteiger partial charge in [0.05, 0.1) is 11.9 Å². The van der Waals surface area contributed by atoms with Crippen molar-refractivity contribution in [3.05, 3.63) is 65.2 Å². The molecule has 0 aliphatic rings. The van der Waals surface area contributed by atoms with E-state index < -0.39 is 16.1 Å². The molecule has 2 rings (SSSR count). The quantitative estimate of drug-likeness (QED) is 0.446. The normalized spacial score (nSPS) is 12.1. The molecule has 1 atom stereocenters. The van der Waals surface area contributed by atoms with Crippen LogP contribution in [0.4, 0.5) is 5.69 Å². The molecule has 2 amide bonds. The first kappa shape index (κ1) is 28.4. The van der Waals surface area contributed by atoms with Crippen molar-refractivity contribution < 1.29 is 18.0 Å². The Hall–Kier alpha value is -2.87. The van der Waals surface area contributed by atoms with Gasteiger partial charge in [-0.2, -0.15) is 0 Å². The average molecular weight is 502 g/mol. The zero-order valence-corrected chi connectivity index (χ0v) is 22.4. The number of sulfonamides is 1. The average Bonchev–Trinajstić information content (AvgIpc) is 2.81. The zero-order valence-electron chi connectivity index (χ0n) is 21.6. The van der Waals surface area contributed by atoms with Gasteiger partial charge in [0.2, 0.25) is 21.8 Å². The molecule has 0 radical (unpaired) electrons. The minimum atomic E-state index is -3.52. The van der Waals surface area contributed by atoms with Crippen molar-refractivity contribution in [2.45, 2.75) is 66.0 Å². The van der Waals surface area contributed by atoms with Gasteiger partial charge >= 0.3 is 0 Å². The Morgan fingerprint density at radius 3 is 2.31 bits per heavy atom. The van der Waals surface area contributed by atoms with Crippen molar-refractivity contribution in [1.82, 2.24) is 10.2 Å². The van der Waals surface area contributed by atoms with Gasteiger partial charge in [0.1, 0.15) is 6.04 Å². The number of hydrogen-bond acceptors (Lipinski definition) is 4. The Balaban J connectivity index is 2.21. The van der Waals surface area contributed by atoms with E-state index in [1.807, 2.05) is 76.2 Å². The van der Waals surface area contributed by atoms with Gasteiger partial charge in [-0.15, -0.1) is 0 Å². The fourth-order valence-corrected chi connectivity index (χ4v) is 5.05. The van der Waals surface area contributed by atoms with E-state index >= 15 is 0 Å². The molecule has 0 unspecified atom stereocenters. The van der Waals surface area contributed by atoms with Crippen LogP contribution in [0.2, 0.25) is 0 Å². The molecule has 0 spiro atoms. The highest BCUT2D eigenvalue weighted by atomic mass is 32.2. The Kier molecular flexibility index (Phi) is 10.8. The van der Waals surface area contributed by atoms with Crippen molar-refractivity contribution >= 4 is 27.5 Å². The largest absolute Gasteiger partial charge is 0.354 e. The maximum Gasteiger partial charge on any atom is 0.242 e. The van der Waals surface area contributed by atoms with Crippen LogP contribution in [0, 0.1) is 13.8 Å². The van der Waals surface area contributed by atoms with Crippen LogP contribution in [-0.4, -0.2) is 50.5 Å². The van der Waals surface area contributed by atoms with E-state index in [0.29, 0.717) is 31.6 Å². The highest BCUT2D eigenvalue weighted by molar-refractivity contribution is 7.92. The summed E-state index contributed by atoms with van der Waals surface area (Å²) in [4.78, 5) is 27.9. The summed E-state index contributed by atoms with van der Waals surface area (Å²) in [6.45, 7) is 8.74. The molecule has 192 valence electrons. The van der Waals surface area contributed by atoms with E-state index in [2.05, 4.69) is 5.32 Å². The van der Waals surface area contributed by atoms with Gasteiger partial charge in [0.15, 0.2) is 0 Å². The van der Waals surface area contributed by atoms with Crippen molar-refractivity contribution in [3.63, 3.8) is 0 Å². The molecule has 2 aromatic rings. The molecule has 0 fully saturated rings. The fourth-order valence-electron chi connectivity index (χ4n) is 4.04. The number of amides is 2. The molecule has 35 heavy (non-hydrogen) atoms. The summed E-state index contributed by atoms with van der Waals surface area (Å²) in [7, 11) is -3.52. The van der Waals surface area contributed by atoms with Gasteiger partial charge < -0.3 is 10.2 Å². The molecule has 0 aliphatic carbocycles. The van der Waals surface area contributed by atoms with Gasteiger partial charge in [0, 0.05) is 26.1 Å². The van der Waals surface area contributed by atoms with Crippen LogP contribution in [0.3, 0.4) is 0 Å². The first-order valence-electron chi connectivity index (χ1n) is 12.2. The van der Waals surface area contributed by atoms with Crippen molar-refractivity contribution in [1.29, 1.82) is 0 Å². The maximum absolute atomic E-state index is 13.4. The van der Waals surface area contributed by atoms with Crippen LogP contribution in [0.5, 0.6) is 0 Å². The van der Waals surface area contributed by atoms with Crippen LogP contribution >= 0.6 is 0 Å². The first-order valence-corrected chi connectivity index (χ1v) is 14.1. The fraction of sp³-hybridized carbons (Fsp3) is 0.481. The Labute approximate surface area is 210 Å². The van der Waals surface area contributed by atoms with E-state index in [4.69, 9.17) is 0 Å². The second kappa shape index (κ2) is 13.3. The summed E-state index contributed by atoms with van der Waals surface area (Å²) in [6, 6.07) is 14.7. The van der Waals surface area contributed by atoms with E-state index in [1.54, 1.807) is 4.90 Å². The molecule has 0 saturated carbocycles. The predicted molar refractivity (Wildman–Crippen MR) is 142 cm³/mol. The van der Waals surface area contributed by atoms with Crippen LogP contribution in [0.15, 0.2) is 48.5 Å². The van der Waals surface area contributed by atoms with Crippen molar-refractivity contribution in [2.24, 2.45) is 0 Å². The highest BCUT2D eigenvalue weighted by Gasteiger charge is 2.28. The molecule has 1 N–H and O–H groups in total. The Bertz CT molecular complexity index is 1090. The second-order valence-electron chi connectivity index (χ2n) is 8.95. The summed E-state index contributed by atoms with van der Waals surface area (Å²) in [5, 5.41) is 2.91. The van der Waals surface area contributed by atoms with Crippen molar-refractivity contribution in [3.8, 4) is 0 Å². The number of carbonyl (C=O) groups excluding carboxylic acids is 2.